The Morgan fingerprint density at radius 3 is 2.65 bits per heavy atom. The smallest absolute Gasteiger partial charge is 0.386 e. The lowest BCUT2D eigenvalue weighted by molar-refractivity contribution is -0.141. The van der Waals surface area contributed by atoms with E-state index in [4.69, 9.17) is 4.74 Å². The molecule has 7 nitrogen and oxygen atoms in total. The van der Waals surface area contributed by atoms with Crippen LogP contribution >= 0.6 is 0 Å². The number of aliphatic hydroxyl groups is 1. The summed E-state index contributed by atoms with van der Waals surface area (Å²) in [6.07, 6.45) is -2.84. The maximum Gasteiger partial charge on any atom is 0.433 e. The number of fused-ring (bicyclic) bond motifs is 1. The minimum atomic E-state index is -4.66. The molecule has 1 aliphatic heterocycles. The molecule has 4 rings (SSSR count). The Bertz CT molecular complexity index is 1130. The number of benzene rings is 1. The number of halogens is 3. The number of carbonyl (C=O) groups is 1. The van der Waals surface area contributed by atoms with E-state index in [1.165, 1.54) is 6.07 Å². The molecule has 0 saturated carbocycles. The van der Waals surface area contributed by atoms with Gasteiger partial charge in [-0.25, -0.2) is 4.98 Å². The van der Waals surface area contributed by atoms with E-state index in [1.54, 1.807) is 30.7 Å². The van der Waals surface area contributed by atoms with Gasteiger partial charge in [-0.05, 0) is 38.1 Å². The highest BCUT2D eigenvalue weighted by Crippen LogP contribution is 2.33. The van der Waals surface area contributed by atoms with Gasteiger partial charge >= 0.3 is 6.18 Å². The van der Waals surface area contributed by atoms with Crippen molar-refractivity contribution >= 4 is 22.5 Å². The number of hydrogen-bond donors (Lipinski definition) is 2. The number of alkyl halides is 3. The Morgan fingerprint density at radius 2 is 2.03 bits per heavy atom. The maximum absolute atomic E-state index is 12.9. The van der Waals surface area contributed by atoms with Crippen LogP contribution in [-0.2, 0) is 23.1 Å². The molecule has 0 spiro atoms. The van der Waals surface area contributed by atoms with Crippen LogP contribution in [-0.4, -0.2) is 39.0 Å². The minimum Gasteiger partial charge on any atom is -0.386 e. The molecule has 1 fully saturated rings. The van der Waals surface area contributed by atoms with Gasteiger partial charge in [0.1, 0.15) is 11.4 Å². The van der Waals surface area contributed by atoms with Crippen molar-refractivity contribution in [1.82, 2.24) is 14.8 Å². The van der Waals surface area contributed by atoms with Gasteiger partial charge in [0.25, 0.3) is 5.91 Å². The molecule has 0 radical (unpaired) electrons. The molecule has 0 unspecified atom stereocenters. The largest absolute Gasteiger partial charge is 0.433 e. The van der Waals surface area contributed by atoms with Crippen molar-refractivity contribution in [3.05, 3.63) is 53.5 Å². The molecule has 3 aromatic rings. The van der Waals surface area contributed by atoms with Crippen molar-refractivity contribution in [1.29, 1.82) is 0 Å². The number of nitrogens with zero attached hydrogens (tertiary/aromatic N) is 3. The molecular formula is C21H21F3N4O3. The van der Waals surface area contributed by atoms with Crippen molar-refractivity contribution in [2.75, 3.05) is 18.5 Å². The van der Waals surface area contributed by atoms with E-state index < -0.39 is 23.4 Å². The minimum absolute atomic E-state index is 0.274. The number of anilines is 1. The van der Waals surface area contributed by atoms with Crippen molar-refractivity contribution in [3.63, 3.8) is 0 Å². The van der Waals surface area contributed by atoms with Crippen LogP contribution in [0.2, 0.25) is 0 Å². The standard InChI is InChI=1S/C21H21F3N4O3/c1-20(2,30)14-7-16-13(9-28(27-16)8-12-10-31-11-12)6-17(14)26-19(29)15-4-3-5-18(25-15)21(22,23)24/h3-7,9,12,30H,8,10-11H2,1-2H3,(H,26,29). The summed E-state index contributed by atoms with van der Waals surface area (Å²) >= 11 is 0. The third kappa shape index (κ3) is 4.54. The molecule has 0 aliphatic carbocycles. The number of rotatable bonds is 5. The van der Waals surface area contributed by atoms with E-state index in [2.05, 4.69) is 15.4 Å². The average molecular weight is 434 g/mol. The molecule has 164 valence electrons. The van der Waals surface area contributed by atoms with Crippen LogP contribution < -0.4 is 5.32 Å². The zero-order valence-electron chi connectivity index (χ0n) is 16.9. The highest BCUT2D eigenvalue weighted by molar-refractivity contribution is 6.04. The van der Waals surface area contributed by atoms with Gasteiger partial charge in [-0.1, -0.05) is 6.07 Å². The fraction of sp³-hybridized carbons (Fsp3) is 0.381. The summed E-state index contributed by atoms with van der Waals surface area (Å²) in [6, 6.07) is 6.43. The fourth-order valence-electron chi connectivity index (χ4n) is 3.39. The second-order valence-corrected chi connectivity index (χ2v) is 8.13. The van der Waals surface area contributed by atoms with E-state index in [-0.39, 0.29) is 11.4 Å². The number of ether oxygens (including phenoxy) is 1. The highest BCUT2D eigenvalue weighted by Gasteiger charge is 2.33. The zero-order valence-corrected chi connectivity index (χ0v) is 16.9. The van der Waals surface area contributed by atoms with E-state index in [9.17, 15) is 23.1 Å². The Labute approximate surface area is 175 Å². The molecule has 0 atom stereocenters. The maximum atomic E-state index is 12.9. The van der Waals surface area contributed by atoms with Crippen molar-refractivity contribution in [3.8, 4) is 0 Å². The third-order valence-electron chi connectivity index (χ3n) is 5.02. The van der Waals surface area contributed by atoms with Crippen LogP contribution in [0.4, 0.5) is 18.9 Å². The Hall–Kier alpha value is -2.98. The van der Waals surface area contributed by atoms with Crippen LogP contribution in [0.15, 0.2) is 36.5 Å². The third-order valence-corrected chi connectivity index (χ3v) is 5.02. The Kier molecular flexibility index (Phi) is 5.22. The molecule has 31 heavy (non-hydrogen) atoms. The molecule has 2 N–H and O–H groups in total. The number of carbonyl (C=O) groups excluding carboxylic acids is 1. The van der Waals surface area contributed by atoms with Gasteiger partial charge in [-0.3, -0.25) is 9.48 Å². The lowest BCUT2D eigenvalue weighted by Gasteiger charge is -2.25. The van der Waals surface area contributed by atoms with E-state index in [0.29, 0.717) is 36.8 Å². The second kappa shape index (κ2) is 7.61. The predicted molar refractivity (Wildman–Crippen MR) is 106 cm³/mol. The predicted octanol–water partition coefficient (Wildman–Crippen LogP) is 3.58. The molecule has 0 bridgehead atoms. The monoisotopic (exact) mass is 434 g/mol. The second-order valence-electron chi connectivity index (χ2n) is 8.13. The van der Waals surface area contributed by atoms with Gasteiger partial charge in [-0.15, -0.1) is 0 Å². The molecule has 3 heterocycles. The SMILES string of the molecule is CC(C)(O)c1cc2nn(CC3COC3)cc2cc1NC(=O)c1cccc(C(F)(F)F)n1. The first-order chi connectivity index (χ1) is 14.5. The number of aromatic nitrogens is 3. The summed E-state index contributed by atoms with van der Waals surface area (Å²) in [4.78, 5) is 16.1. The topological polar surface area (TPSA) is 89.3 Å². The summed E-state index contributed by atoms with van der Waals surface area (Å²) in [5.74, 6) is -0.427. The fourth-order valence-corrected chi connectivity index (χ4v) is 3.39. The molecule has 2 aromatic heterocycles. The Morgan fingerprint density at radius 1 is 1.29 bits per heavy atom. The van der Waals surface area contributed by atoms with Crippen molar-refractivity contribution in [2.24, 2.45) is 5.92 Å². The Balaban J connectivity index is 1.67. The van der Waals surface area contributed by atoms with E-state index >= 15 is 0 Å². The highest BCUT2D eigenvalue weighted by atomic mass is 19.4. The van der Waals surface area contributed by atoms with Gasteiger partial charge < -0.3 is 15.2 Å². The molecule has 1 aromatic carbocycles. The van der Waals surface area contributed by atoms with Crippen LogP contribution in [0.25, 0.3) is 10.9 Å². The lowest BCUT2D eigenvalue weighted by Crippen LogP contribution is -2.31. The van der Waals surface area contributed by atoms with Gasteiger partial charge in [0.2, 0.25) is 0 Å². The first-order valence-electron chi connectivity index (χ1n) is 9.68. The van der Waals surface area contributed by atoms with Gasteiger partial charge in [0.05, 0.1) is 24.3 Å². The molecule has 1 aliphatic rings. The van der Waals surface area contributed by atoms with Crippen LogP contribution in [0.3, 0.4) is 0 Å². The van der Waals surface area contributed by atoms with Gasteiger partial charge in [-0.2, -0.15) is 18.3 Å². The van der Waals surface area contributed by atoms with Crippen LogP contribution in [0.1, 0.15) is 35.6 Å². The number of hydrogen-bond acceptors (Lipinski definition) is 5. The molecule has 10 heteroatoms. The number of nitrogens with one attached hydrogen (secondary N) is 1. The summed E-state index contributed by atoms with van der Waals surface area (Å²) in [7, 11) is 0. The molecule has 1 amide bonds. The summed E-state index contributed by atoms with van der Waals surface area (Å²) in [5, 5.41) is 18.4. The summed E-state index contributed by atoms with van der Waals surface area (Å²) in [6.45, 7) is 5.14. The number of pyridine rings is 1. The van der Waals surface area contributed by atoms with E-state index in [0.717, 1.165) is 17.5 Å². The lowest BCUT2D eigenvalue weighted by atomic mass is 9.95. The number of amides is 1. The molecular weight excluding hydrogens is 413 g/mol. The summed E-state index contributed by atoms with van der Waals surface area (Å²) in [5.41, 5.74) is -1.57. The van der Waals surface area contributed by atoms with Crippen molar-refractivity contribution < 1.29 is 27.8 Å². The first kappa shape index (κ1) is 21.3. The van der Waals surface area contributed by atoms with Crippen LogP contribution in [0, 0.1) is 5.92 Å². The zero-order chi connectivity index (χ0) is 22.4. The summed E-state index contributed by atoms with van der Waals surface area (Å²) < 4.78 is 45.8. The first-order valence-corrected chi connectivity index (χ1v) is 9.68. The normalized spacial score (nSPS) is 15.2. The molecule has 1 saturated heterocycles. The van der Waals surface area contributed by atoms with Gasteiger partial charge in [0.15, 0.2) is 0 Å². The van der Waals surface area contributed by atoms with E-state index in [1.807, 2.05) is 6.20 Å². The average Bonchev–Trinajstić information content (AvgIpc) is 3.04. The van der Waals surface area contributed by atoms with Crippen molar-refractivity contribution in [2.45, 2.75) is 32.2 Å². The van der Waals surface area contributed by atoms with Gasteiger partial charge in [0, 0.05) is 35.3 Å². The quantitative estimate of drug-likeness (QED) is 0.641. The van der Waals surface area contributed by atoms with Crippen LogP contribution in [0.5, 0.6) is 0 Å².